The largest absolute Gasteiger partial charge is 0.380 e. The maximum Gasteiger partial charge on any atom is 0.274 e. The van der Waals surface area contributed by atoms with E-state index in [9.17, 15) is 4.79 Å². The van der Waals surface area contributed by atoms with Crippen molar-refractivity contribution in [3.05, 3.63) is 36.0 Å². The molecule has 4 heterocycles. The average Bonchev–Trinajstić information content (AvgIpc) is 3.20. The van der Waals surface area contributed by atoms with E-state index in [2.05, 4.69) is 20.1 Å². The van der Waals surface area contributed by atoms with Crippen LogP contribution in [0.5, 0.6) is 0 Å². The third-order valence-corrected chi connectivity index (χ3v) is 4.40. The molecule has 0 spiro atoms. The zero-order valence-corrected chi connectivity index (χ0v) is 12.1. The molecule has 2 aromatic rings. The number of fused-ring (bicyclic) bond motifs is 1. The second-order valence-electron chi connectivity index (χ2n) is 5.79. The summed E-state index contributed by atoms with van der Waals surface area (Å²) < 4.78 is 11.0. The van der Waals surface area contributed by atoms with Crippen LogP contribution in [0.3, 0.4) is 0 Å². The molecule has 0 aromatic carbocycles. The van der Waals surface area contributed by atoms with Crippen LogP contribution in [-0.4, -0.2) is 57.2 Å². The van der Waals surface area contributed by atoms with Gasteiger partial charge in [-0.1, -0.05) is 5.16 Å². The first kappa shape index (κ1) is 13.3. The fraction of sp³-hybridized carbons (Fsp3) is 0.500. The van der Waals surface area contributed by atoms with Crippen molar-refractivity contribution in [1.29, 1.82) is 0 Å². The Bertz CT molecular complexity index is 704. The van der Waals surface area contributed by atoms with Crippen molar-refractivity contribution in [3.8, 4) is 0 Å². The topological polar surface area (TPSA) is 94.2 Å². The molecule has 8 nitrogen and oxygen atoms in total. The summed E-state index contributed by atoms with van der Waals surface area (Å²) in [6.45, 7) is 3.95. The molecule has 0 aliphatic carbocycles. The molecule has 0 radical (unpaired) electrons. The number of hydrogen-bond acceptors (Lipinski definition) is 7. The van der Waals surface area contributed by atoms with Gasteiger partial charge in [0.2, 0.25) is 5.89 Å². The standard InChI is InChI=1S/C14H15N5O3/c1-9-17-13(22-18-9)14-7-19(5-10(14)6-21-8-14)12(20)11-4-15-2-3-16-11/h2-4,10H,5-8H2,1H3/t10-,14-/m0/s1. The Kier molecular flexibility index (Phi) is 2.93. The predicted octanol–water partition coefficient (Wildman–Crippen LogP) is 0.208. The van der Waals surface area contributed by atoms with Crippen molar-refractivity contribution in [2.24, 2.45) is 5.92 Å². The van der Waals surface area contributed by atoms with Crippen molar-refractivity contribution in [2.75, 3.05) is 26.3 Å². The number of aromatic nitrogens is 4. The molecule has 8 heteroatoms. The summed E-state index contributed by atoms with van der Waals surface area (Å²) in [6, 6.07) is 0. The van der Waals surface area contributed by atoms with Gasteiger partial charge in [-0.25, -0.2) is 4.98 Å². The molecule has 0 saturated carbocycles. The highest BCUT2D eigenvalue weighted by atomic mass is 16.5. The molecule has 0 N–H and O–H groups in total. The highest BCUT2D eigenvalue weighted by Gasteiger charge is 2.56. The maximum absolute atomic E-state index is 12.6. The van der Waals surface area contributed by atoms with E-state index in [4.69, 9.17) is 9.26 Å². The molecule has 114 valence electrons. The van der Waals surface area contributed by atoms with E-state index in [0.717, 1.165) is 0 Å². The van der Waals surface area contributed by atoms with Gasteiger partial charge >= 0.3 is 0 Å². The zero-order chi connectivity index (χ0) is 15.2. The second-order valence-corrected chi connectivity index (χ2v) is 5.79. The summed E-state index contributed by atoms with van der Waals surface area (Å²) in [6.07, 6.45) is 4.55. The Morgan fingerprint density at radius 1 is 1.45 bits per heavy atom. The fourth-order valence-electron chi connectivity index (χ4n) is 3.26. The maximum atomic E-state index is 12.6. The normalized spacial score (nSPS) is 27.1. The van der Waals surface area contributed by atoms with Crippen molar-refractivity contribution in [1.82, 2.24) is 25.0 Å². The lowest BCUT2D eigenvalue weighted by atomic mass is 9.81. The second kappa shape index (κ2) is 4.84. The Balaban J connectivity index is 1.64. The van der Waals surface area contributed by atoms with Crippen molar-refractivity contribution < 1.29 is 14.1 Å². The van der Waals surface area contributed by atoms with Crippen molar-refractivity contribution in [3.63, 3.8) is 0 Å². The van der Waals surface area contributed by atoms with Gasteiger partial charge in [0.1, 0.15) is 5.69 Å². The van der Waals surface area contributed by atoms with Gasteiger partial charge in [0, 0.05) is 31.4 Å². The van der Waals surface area contributed by atoms with Gasteiger partial charge in [-0.3, -0.25) is 9.78 Å². The van der Waals surface area contributed by atoms with Gasteiger partial charge in [0.15, 0.2) is 5.82 Å². The quantitative estimate of drug-likeness (QED) is 0.782. The fourth-order valence-corrected chi connectivity index (χ4v) is 3.26. The number of nitrogens with zero attached hydrogens (tertiary/aromatic N) is 5. The lowest BCUT2D eigenvalue weighted by Gasteiger charge is -2.22. The average molecular weight is 301 g/mol. The molecule has 2 aliphatic heterocycles. The van der Waals surface area contributed by atoms with Crippen LogP contribution in [0.15, 0.2) is 23.1 Å². The van der Waals surface area contributed by atoms with Crippen LogP contribution < -0.4 is 0 Å². The molecule has 2 aliphatic rings. The molecule has 2 fully saturated rings. The van der Waals surface area contributed by atoms with Crippen molar-refractivity contribution in [2.45, 2.75) is 12.3 Å². The first-order valence-electron chi connectivity index (χ1n) is 7.13. The summed E-state index contributed by atoms with van der Waals surface area (Å²) in [7, 11) is 0. The molecule has 22 heavy (non-hydrogen) atoms. The molecule has 2 aromatic heterocycles. The highest BCUT2D eigenvalue weighted by molar-refractivity contribution is 5.92. The minimum absolute atomic E-state index is 0.127. The highest BCUT2D eigenvalue weighted by Crippen LogP contribution is 2.43. The Hall–Kier alpha value is -2.35. The van der Waals surface area contributed by atoms with E-state index in [1.165, 1.54) is 12.4 Å². The molecular weight excluding hydrogens is 286 g/mol. The van der Waals surface area contributed by atoms with Crippen LogP contribution in [0.4, 0.5) is 0 Å². The lowest BCUT2D eigenvalue weighted by molar-refractivity contribution is 0.0730. The van der Waals surface area contributed by atoms with Gasteiger partial charge < -0.3 is 14.2 Å². The number of carbonyl (C=O) groups excluding carboxylic acids is 1. The van der Waals surface area contributed by atoms with Crippen LogP contribution in [0.25, 0.3) is 0 Å². The molecule has 0 bridgehead atoms. The minimum Gasteiger partial charge on any atom is -0.380 e. The number of aryl methyl sites for hydroxylation is 1. The van der Waals surface area contributed by atoms with E-state index in [-0.39, 0.29) is 11.8 Å². The first-order chi connectivity index (χ1) is 10.7. The number of ether oxygens (including phenoxy) is 1. The number of amides is 1. The van der Waals surface area contributed by atoms with E-state index >= 15 is 0 Å². The number of rotatable bonds is 2. The van der Waals surface area contributed by atoms with Gasteiger partial charge in [-0.2, -0.15) is 4.98 Å². The number of hydrogen-bond donors (Lipinski definition) is 0. The Morgan fingerprint density at radius 2 is 2.36 bits per heavy atom. The molecule has 2 atom stereocenters. The van der Waals surface area contributed by atoms with E-state index in [0.29, 0.717) is 43.7 Å². The summed E-state index contributed by atoms with van der Waals surface area (Å²) in [4.78, 5) is 26.7. The Labute approximate surface area is 126 Å². The van der Waals surface area contributed by atoms with Crippen molar-refractivity contribution >= 4 is 5.91 Å². The van der Waals surface area contributed by atoms with E-state index in [1.807, 2.05) is 0 Å². The first-order valence-corrected chi connectivity index (χ1v) is 7.13. The summed E-state index contributed by atoms with van der Waals surface area (Å²) in [5.41, 5.74) is -0.0562. The van der Waals surface area contributed by atoms with Crippen LogP contribution in [-0.2, 0) is 10.2 Å². The van der Waals surface area contributed by atoms with Crippen LogP contribution in [0.1, 0.15) is 22.2 Å². The van der Waals surface area contributed by atoms with Crippen LogP contribution >= 0.6 is 0 Å². The summed E-state index contributed by atoms with van der Waals surface area (Å²) in [5.74, 6) is 1.18. The van der Waals surface area contributed by atoms with Gasteiger partial charge in [-0.05, 0) is 6.92 Å². The predicted molar refractivity (Wildman–Crippen MR) is 73.0 cm³/mol. The third-order valence-electron chi connectivity index (χ3n) is 4.40. The summed E-state index contributed by atoms with van der Waals surface area (Å²) >= 11 is 0. The van der Waals surface area contributed by atoms with Crippen LogP contribution in [0.2, 0.25) is 0 Å². The van der Waals surface area contributed by atoms with E-state index in [1.54, 1.807) is 18.0 Å². The smallest absolute Gasteiger partial charge is 0.274 e. The minimum atomic E-state index is -0.404. The molecule has 2 saturated heterocycles. The van der Waals surface area contributed by atoms with Crippen LogP contribution in [0, 0.1) is 12.8 Å². The summed E-state index contributed by atoms with van der Waals surface area (Å²) in [5, 5.41) is 3.88. The monoisotopic (exact) mass is 301 g/mol. The zero-order valence-electron chi connectivity index (χ0n) is 12.1. The number of carbonyl (C=O) groups is 1. The molecular formula is C14H15N5O3. The lowest BCUT2D eigenvalue weighted by Crippen LogP contribution is -2.37. The van der Waals surface area contributed by atoms with Gasteiger partial charge in [-0.15, -0.1) is 0 Å². The van der Waals surface area contributed by atoms with Gasteiger partial charge in [0.05, 0.1) is 24.8 Å². The molecule has 4 rings (SSSR count). The third kappa shape index (κ3) is 1.91. The number of likely N-dealkylation sites (tertiary alicyclic amines) is 1. The molecule has 0 unspecified atom stereocenters. The Morgan fingerprint density at radius 3 is 3.09 bits per heavy atom. The molecule has 1 amide bonds. The van der Waals surface area contributed by atoms with Gasteiger partial charge in [0.25, 0.3) is 5.91 Å². The van der Waals surface area contributed by atoms with E-state index < -0.39 is 5.41 Å². The SMILES string of the molecule is Cc1noc([C@@]23COC[C@@H]2CN(C(=O)c2cnccn2)C3)n1.